The molecule has 1 aromatic carbocycles. The van der Waals surface area contributed by atoms with Crippen molar-refractivity contribution < 1.29 is 4.42 Å². The molecule has 0 unspecified atom stereocenters. The Kier molecular flexibility index (Phi) is 5.12. The van der Waals surface area contributed by atoms with Crippen molar-refractivity contribution in [2.45, 2.75) is 13.1 Å². The van der Waals surface area contributed by atoms with Crippen LogP contribution in [0.15, 0.2) is 65.5 Å². The molecule has 3 heterocycles. The van der Waals surface area contributed by atoms with Crippen molar-refractivity contribution in [3.05, 3.63) is 72.4 Å². The van der Waals surface area contributed by atoms with Gasteiger partial charge in [-0.1, -0.05) is 30.3 Å². The number of rotatable bonds is 6. The van der Waals surface area contributed by atoms with Crippen LogP contribution in [0.25, 0.3) is 0 Å². The van der Waals surface area contributed by atoms with Crippen LogP contribution in [0.3, 0.4) is 0 Å². The van der Waals surface area contributed by atoms with Crippen LogP contribution < -0.4 is 10.2 Å². The van der Waals surface area contributed by atoms with Crippen LogP contribution >= 0.6 is 0 Å². The smallest absolute Gasteiger partial charge is 0.134 e. The fraction of sp³-hybridized carbons (Fsp3) is 0.300. The van der Waals surface area contributed by atoms with Gasteiger partial charge in [0.15, 0.2) is 0 Å². The number of benzene rings is 1. The summed E-state index contributed by atoms with van der Waals surface area (Å²) in [6.45, 7) is 5.65. The molecule has 1 N–H and O–H groups in total. The first-order chi connectivity index (χ1) is 12.9. The maximum absolute atomic E-state index is 5.34. The van der Waals surface area contributed by atoms with Gasteiger partial charge in [0.2, 0.25) is 0 Å². The summed E-state index contributed by atoms with van der Waals surface area (Å²) in [5.41, 5.74) is 1.37. The second kappa shape index (κ2) is 8.01. The minimum atomic E-state index is 0.619. The number of nitrogens with one attached hydrogen (secondary N) is 1. The lowest BCUT2D eigenvalue weighted by Crippen LogP contribution is -2.46. The third-order valence-electron chi connectivity index (χ3n) is 4.62. The van der Waals surface area contributed by atoms with E-state index in [1.807, 2.05) is 18.2 Å². The van der Waals surface area contributed by atoms with Crippen LogP contribution in [-0.2, 0) is 13.1 Å². The zero-order valence-corrected chi connectivity index (χ0v) is 14.7. The normalized spacial score (nSPS) is 15.2. The Morgan fingerprint density at radius 1 is 0.962 bits per heavy atom. The fourth-order valence-corrected chi connectivity index (χ4v) is 3.18. The van der Waals surface area contributed by atoms with E-state index in [9.17, 15) is 0 Å². The van der Waals surface area contributed by atoms with E-state index in [1.165, 1.54) is 5.56 Å². The first kappa shape index (κ1) is 16.6. The lowest BCUT2D eigenvalue weighted by Gasteiger charge is -2.35. The Balaban J connectivity index is 1.32. The highest BCUT2D eigenvalue weighted by molar-refractivity contribution is 5.48. The van der Waals surface area contributed by atoms with Gasteiger partial charge in [-0.15, -0.1) is 0 Å². The Hall–Kier alpha value is -2.86. The van der Waals surface area contributed by atoms with Gasteiger partial charge in [-0.2, -0.15) is 0 Å². The molecule has 2 aromatic heterocycles. The summed E-state index contributed by atoms with van der Waals surface area (Å²) in [4.78, 5) is 13.6. The minimum Gasteiger partial charge on any atom is -0.467 e. The van der Waals surface area contributed by atoms with E-state index >= 15 is 0 Å². The van der Waals surface area contributed by atoms with E-state index in [4.69, 9.17) is 4.42 Å². The Morgan fingerprint density at radius 3 is 2.58 bits per heavy atom. The molecule has 1 fully saturated rings. The summed E-state index contributed by atoms with van der Waals surface area (Å²) >= 11 is 0. The lowest BCUT2D eigenvalue weighted by molar-refractivity contribution is 0.249. The van der Waals surface area contributed by atoms with Gasteiger partial charge in [0.05, 0.1) is 12.8 Å². The molecule has 1 aliphatic heterocycles. The second-order valence-corrected chi connectivity index (χ2v) is 6.44. The molecule has 6 nitrogen and oxygen atoms in total. The molecule has 0 atom stereocenters. The van der Waals surface area contributed by atoms with E-state index in [2.05, 4.69) is 55.4 Å². The number of nitrogens with zero attached hydrogens (tertiary/aromatic N) is 4. The Labute approximate surface area is 153 Å². The molecule has 0 aliphatic carbocycles. The molecule has 3 aromatic rings. The molecule has 134 valence electrons. The number of hydrogen-bond acceptors (Lipinski definition) is 6. The predicted octanol–water partition coefficient (Wildman–Crippen LogP) is 3.00. The maximum atomic E-state index is 5.34. The summed E-state index contributed by atoms with van der Waals surface area (Å²) in [7, 11) is 0. The highest BCUT2D eigenvalue weighted by atomic mass is 16.3. The van der Waals surface area contributed by atoms with Crippen molar-refractivity contribution in [1.29, 1.82) is 0 Å². The third-order valence-corrected chi connectivity index (χ3v) is 4.62. The van der Waals surface area contributed by atoms with Crippen LogP contribution in [0, 0.1) is 0 Å². The van der Waals surface area contributed by atoms with Crippen molar-refractivity contribution in [1.82, 2.24) is 14.9 Å². The second-order valence-electron chi connectivity index (χ2n) is 6.44. The topological polar surface area (TPSA) is 57.4 Å². The molecule has 0 bridgehead atoms. The lowest BCUT2D eigenvalue weighted by atomic mass is 10.2. The molecule has 4 rings (SSSR count). The molecular weight excluding hydrogens is 326 g/mol. The van der Waals surface area contributed by atoms with Crippen molar-refractivity contribution in [3.63, 3.8) is 0 Å². The van der Waals surface area contributed by atoms with E-state index in [0.29, 0.717) is 6.54 Å². The van der Waals surface area contributed by atoms with E-state index in [1.54, 1.807) is 12.6 Å². The zero-order chi connectivity index (χ0) is 17.6. The highest BCUT2D eigenvalue weighted by Crippen LogP contribution is 2.18. The summed E-state index contributed by atoms with van der Waals surface area (Å²) < 4.78 is 5.34. The number of aromatic nitrogens is 2. The van der Waals surface area contributed by atoms with Gasteiger partial charge in [-0.05, 0) is 17.7 Å². The van der Waals surface area contributed by atoms with E-state index < -0.39 is 0 Å². The van der Waals surface area contributed by atoms with Crippen LogP contribution in [0.4, 0.5) is 11.6 Å². The summed E-state index contributed by atoms with van der Waals surface area (Å²) in [6, 6.07) is 16.5. The molecule has 1 aliphatic rings. The molecule has 0 saturated carbocycles. The fourth-order valence-electron chi connectivity index (χ4n) is 3.18. The van der Waals surface area contributed by atoms with Gasteiger partial charge >= 0.3 is 0 Å². The highest BCUT2D eigenvalue weighted by Gasteiger charge is 2.18. The van der Waals surface area contributed by atoms with E-state index in [-0.39, 0.29) is 0 Å². The monoisotopic (exact) mass is 349 g/mol. The molecular formula is C20H23N5O. The first-order valence-electron chi connectivity index (χ1n) is 8.96. The molecule has 0 radical (unpaired) electrons. The average molecular weight is 349 g/mol. The molecule has 1 saturated heterocycles. The van der Waals surface area contributed by atoms with Gasteiger partial charge < -0.3 is 14.6 Å². The zero-order valence-electron chi connectivity index (χ0n) is 14.7. The first-order valence-corrected chi connectivity index (χ1v) is 8.96. The summed E-state index contributed by atoms with van der Waals surface area (Å²) in [6.07, 6.45) is 3.30. The predicted molar refractivity (Wildman–Crippen MR) is 102 cm³/mol. The van der Waals surface area contributed by atoms with Crippen molar-refractivity contribution in [2.75, 3.05) is 36.4 Å². The average Bonchev–Trinajstić information content (AvgIpc) is 3.22. The third kappa shape index (κ3) is 4.21. The van der Waals surface area contributed by atoms with Gasteiger partial charge in [-0.25, -0.2) is 9.97 Å². The number of piperazine rings is 1. The van der Waals surface area contributed by atoms with Crippen molar-refractivity contribution in [2.24, 2.45) is 0 Å². The number of anilines is 2. The molecule has 0 amide bonds. The summed E-state index contributed by atoms with van der Waals surface area (Å²) in [5.74, 6) is 2.68. The van der Waals surface area contributed by atoms with Crippen LogP contribution in [0.2, 0.25) is 0 Å². The standard InChI is InChI=1S/C20H23N5O/c1-2-5-17(6-3-1)15-24-8-10-25(11-9-24)20-13-19(22-16-23-20)21-14-18-7-4-12-26-18/h1-7,12-13,16H,8-11,14-15H2,(H,21,22,23). The van der Waals surface area contributed by atoms with Gasteiger partial charge in [-0.3, -0.25) is 4.90 Å². The van der Waals surface area contributed by atoms with Crippen molar-refractivity contribution >= 4 is 11.6 Å². The van der Waals surface area contributed by atoms with Crippen LogP contribution in [0.5, 0.6) is 0 Å². The summed E-state index contributed by atoms with van der Waals surface area (Å²) in [5, 5.41) is 3.29. The Bertz CT molecular complexity index is 798. The van der Waals surface area contributed by atoms with Crippen molar-refractivity contribution in [3.8, 4) is 0 Å². The SMILES string of the molecule is c1ccc(CN2CCN(c3cc(NCc4ccco4)ncn3)CC2)cc1. The molecule has 26 heavy (non-hydrogen) atoms. The number of furan rings is 1. The quantitative estimate of drug-likeness (QED) is 0.738. The largest absolute Gasteiger partial charge is 0.467 e. The van der Waals surface area contributed by atoms with E-state index in [0.717, 1.165) is 50.1 Å². The molecule has 0 spiro atoms. The van der Waals surface area contributed by atoms with Gasteiger partial charge in [0.1, 0.15) is 23.7 Å². The van der Waals surface area contributed by atoms with Gasteiger partial charge in [0.25, 0.3) is 0 Å². The van der Waals surface area contributed by atoms with Gasteiger partial charge in [0, 0.05) is 38.8 Å². The molecule has 6 heteroatoms. The Morgan fingerprint density at radius 2 is 1.81 bits per heavy atom. The minimum absolute atomic E-state index is 0.619. The number of hydrogen-bond donors (Lipinski definition) is 1. The van der Waals surface area contributed by atoms with Crippen LogP contribution in [0.1, 0.15) is 11.3 Å². The van der Waals surface area contributed by atoms with Crippen LogP contribution in [-0.4, -0.2) is 41.0 Å². The maximum Gasteiger partial charge on any atom is 0.134 e.